The van der Waals surface area contributed by atoms with Crippen molar-refractivity contribution in [3.05, 3.63) is 78.6 Å². The molecule has 0 atom stereocenters. The van der Waals surface area contributed by atoms with Crippen molar-refractivity contribution in [1.82, 2.24) is 0 Å². The van der Waals surface area contributed by atoms with E-state index in [4.69, 9.17) is 0 Å². The number of nitrogens with one attached hydrogen (secondary N) is 2. The van der Waals surface area contributed by atoms with E-state index < -0.39 is 42.9 Å². The van der Waals surface area contributed by atoms with E-state index in [2.05, 4.69) is 14.2 Å². The molecule has 3 aromatic rings. The highest BCUT2D eigenvalue weighted by molar-refractivity contribution is 7.93. The van der Waals surface area contributed by atoms with Crippen LogP contribution in [0, 0.1) is 5.82 Å². The molecular formula is C19H14F4N2O5S2. The third kappa shape index (κ3) is 5.88. The molecule has 0 spiro atoms. The maximum Gasteiger partial charge on any atom is 0.573 e. The maximum atomic E-state index is 13.1. The van der Waals surface area contributed by atoms with Crippen molar-refractivity contribution in [3.63, 3.8) is 0 Å². The minimum Gasteiger partial charge on any atom is -0.406 e. The van der Waals surface area contributed by atoms with Crippen molar-refractivity contribution >= 4 is 31.4 Å². The van der Waals surface area contributed by atoms with Gasteiger partial charge in [-0.05, 0) is 48.5 Å². The Hall–Kier alpha value is -3.32. The predicted octanol–water partition coefficient (Wildman–Crippen LogP) is 4.33. The van der Waals surface area contributed by atoms with Crippen molar-refractivity contribution in [3.8, 4) is 5.75 Å². The Morgan fingerprint density at radius 2 is 1.22 bits per heavy atom. The number of halogens is 4. The Bertz CT molecular complexity index is 1330. The fourth-order valence-electron chi connectivity index (χ4n) is 2.52. The lowest BCUT2D eigenvalue weighted by Gasteiger charge is -2.15. The molecule has 170 valence electrons. The first-order valence-corrected chi connectivity index (χ1v) is 11.6. The molecule has 0 heterocycles. The molecule has 7 nitrogen and oxygen atoms in total. The number of hydrogen-bond acceptors (Lipinski definition) is 5. The molecule has 0 aliphatic carbocycles. The van der Waals surface area contributed by atoms with Crippen LogP contribution in [0.4, 0.5) is 28.9 Å². The van der Waals surface area contributed by atoms with Gasteiger partial charge < -0.3 is 4.74 Å². The third-order valence-electron chi connectivity index (χ3n) is 3.89. The van der Waals surface area contributed by atoms with Crippen LogP contribution in [-0.2, 0) is 20.0 Å². The second-order valence-corrected chi connectivity index (χ2v) is 9.60. The minimum atomic E-state index is -5.01. The van der Waals surface area contributed by atoms with E-state index in [-0.39, 0.29) is 16.3 Å². The Kier molecular flexibility index (Phi) is 6.32. The summed E-state index contributed by atoms with van der Waals surface area (Å²) in [6.45, 7) is 0. The van der Waals surface area contributed by atoms with Gasteiger partial charge in [0.25, 0.3) is 20.0 Å². The molecule has 0 aromatic heterocycles. The highest BCUT2D eigenvalue weighted by atomic mass is 32.2. The van der Waals surface area contributed by atoms with E-state index >= 15 is 0 Å². The number of sulfonamides is 2. The van der Waals surface area contributed by atoms with Crippen LogP contribution in [0.3, 0.4) is 0 Å². The molecule has 0 bridgehead atoms. The van der Waals surface area contributed by atoms with Gasteiger partial charge in [-0.15, -0.1) is 13.2 Å². The van der Waals surface area contributed by atoms with Gasteiger partial charge in [0.05, 0.1) is 21.2 Å². The molecule has 13 heteroatoms. The van der Waals surface area contributed by atoms with Gasteiger partial charge in [-0.1, -0.05) is 18.2 Å². The Morgan fingerprint density at radius 1 is 0.688 bits per heavy atom. The number of alkyl halides is 3. The van der Waals surface area contributed by atoms with Crippen LogP contribution in [-0.4, -0.2) is 23.2 Å². The largest absolute Gasteiger partial charge is 0.573 e. The van der Waals surface area contributed by atoms with E-state index in [0.29, 0.717) is 6.07 Å². The van der Waals surface area contributed by atoms with Crippen molar-refractivity contribution in [2.24, 2.45) is 0 Å². The molecular weight excluding hydrogens is 476 g/mol. The second-order valence-electron chi connectivity index (χ2n) is 6.23. The lowest BCUT2D eigenvalue weighted by molar-refractivity contribution is -0.274. The van der Waals surface area contributed by atoms with Crippen molar-refractivity contribution < 1.29 is 39.1 Å². The van der Waals surface area contributed by atoms with E-state index in [9.17, 15) is 34.4 Å². The predicted molar refractivity (Wildman–Crippen MR) is 108 cm³/mol. The van der Waals surface area contributed by atoms with Gasteiger partial charge in [-0.2, -0.15) is 0 Å². The SMILES string of the molecule is O=S(=O)(Nc1ccccc1NS(=O)(=O)c1cccc(OC(F)(F)F)c1)c1ccc(F)cc1. The third-order valence-corrected chi connectivity index (χ3v) is 6.63. The molecule has 2 N–H and O–H groups in total. The topological polar surface area (TPSA) is 102 Å². The highest BCUT2D eigenvalue weighted by Gasteiger charge is 2.31. The van der Waals surface area contributed by atoms with Crippen LogP contribution >= 0.6 is 0 Å². The summed E-state index contributed by atoms with van der Waals surface area (Å²) in [7, 11) is -8.62. The van der Waals surface area contributed by atoms with Crippen LogP contribution in [0.15, 0.2) is 82.6 Å². The molecule has 0 amide bonds. The van der Waals surface area contributed by atoms with Crippen molar-refractivity contribution in [2.75, 3.05) is 9.44 Å². The zero-order valence-electron chi connectivity index (χ0n) is 15.8. The summed E-state index contributed by atoms with van der Waals surface area (Å²) >= 11 is 0. The smallest absolute Gasteiger partial charge is 0.406 e. The number of benzene rings is 3. The van der Waals surface area contributed by atoms with Crippen LogP contribution in [0.2, 0.25) is 0 Å². The minimum absolute atomic E-state index is 0.164. The molecule has 3 aromatic carbocycles. The van der Waals surface area contributed by atoms with Crippen LogP contribution < -0.4 is 14.2 Å². The fraction of sp³-hybridized carbons (Fsp3) is 0.0526. The zero-order chi connectivity index (χ0) is 23.6. The molecule has 0 radical (unpaired) electrons. The Balaban J connectivity index is 1.89. The van der Waals surface area contributed by atoms with E-state index in [1.54, 1.807) is 0 Å². The van der Waals surface area contributed by atoms with Crippen LogP contribution in [0.25, 0.3) is 0 Å². The Labute approximate surface area is 180 Å². The van der Waals surface area contributed by atoms with Gasteiger partial charge in [0.15, 0.2) is 0 Å². The summed E-state index contributed by atoms with van der Waals surface area (Å²) in [5.74, 6) is -1.39. The molecule has 0 unspecified atom stereocenters. The van der Waals surface area contributed by atoms with Crippen molar-refractivity contribution in [1.29, 1.82) is 0 Å². The fourth-order valence-corrected chi connectivity index (χ4v) is 4.71. The van der Waals surface area contributed by atoms with E-state index in [1.807, 2.05) is 0 Å². The lowest BCUT2D eigenvalue weighted by atomic mass is 10.3. The number of ether oxygens (including phenoxy) is 1. The monoisotopic (exact) mass is 490 g/mol. The molecule has 0 aliphatic heterocycles. The maximum absolute atomic E-state index is 13.1. The number of para-hydroxylation sites is 2. The van der Waals surface area contributed by atoms with Crippen molar-refractivity contribution in [2.45, 2.75) is 16.2 Å². The number of rotatable bonds is 7. The average molecular weight is 490 g/mol. The first kappa shape index (κ1) is 23.3. The molecule has 0 saturated carbocycles. The zero-order valence-corrected chi connectivity index (χ0v) is 17.4. The van der Waals surface area contributed by atoms with Gasteiger partial charge in [0.1, 0.15) is 11.6 Å². The first-order chi connectivity index (χ1) is 14.9. The van der Waals surface area contributed by atoms with E-state index in [0.717, 1.165) is 42.5 Å². The quantitative estimate of drug-likeness (QED) is 0.480. The molecule has 0 aliphatic rings. The number of anilines is 2. The Morgan fingerprint density at radius 3 is 1.75 bits per heavy atom. The summed E-state index contributed by atoms with van der Waals surface area (Å²) in [5, 5.41) is 0. The van der Waals surface area contributed by atoms with Crippen LogP contribution in [0.5, 0.6) is 5.75 Å². The standard InChI is InChI=1S/C19H14F4N2O5S2/c20-13-8-10-15(11-9-13)31(26,27)24-17-6-1-2-7-18(17)25-32(28,29)16-5-3-4-14(12-16)30-19(21,22)23/h1-12,24-25H. The summed E-state index contributed by atoms with van der Waals surface area (Å²) in [6.07, 6.45) is -5.01. The molecule has 32 heavy (non-hydrogen) atoms. The van der Waals surface area contributed by atoms with Gasteiger partial charge in [-0.3, -0.25) is 9.44 Å². The average Bonchev–Trinajstić information content (AvgIpc) is 2.68. The van der Waals surface area contributed by atoms with Gasteiger partial charge in [0.2, 0.25) is 0 Å². The van der Waals surface area contributed by atoms with Crippen LogP contribution in [0.1, 0.15) is 0 Å². The summed E-state index contributed by atoms with van der Waals surface area (Å²) in [6, 6.07) is 13.0. The summed E-state index contributed by atoms with van der Waals surface area (Å²) in [4.78, 5) is -0.816. The van der Waals surface area contributed by atoms with Gasteiger partial charge >= 0.3 is 6.36 Å². The summed E-state index contributed by atoms with van der Waals surface area (Å²) < 4.78 is 109. The molecule has 0 fully saturated rings. The number of hydrogen-bond donors (Lipinski definition) is 2. The first-order valence-electron chi connectivity index (χ1n) is 8.62. The normalized spacial score (nSPS) is 12.2. The summed E-state index contributed by atoms with van der Waals surface area (Å²) in [5.41, 5.74) is -0.358. The molecule has 0 saturated heterocycles. The second kappa shape index (κ2) is 8.67. The van der Waals surface area contributed by atoms with Gasteiger partial charge in [0, 0.05) is 6.07 Å². The van der Waals surface area contributed by atoms with E-state index in [1.165, 1.54) is 24.3 Å². The highest BCUT2D eigenvalue weighted by Crippen LogP contribution is 2.29. The lowest BCUT2D eigenvalue weighted by Crippen LogP contribution is -2.19. The van der Waals surface area contributed by atoms with Gasteiger partial charge in [-0.25, -0.2) is 21.2 Å². The molecule has 3 rings (SSSR count).